The number of rotatable bonds is 5. The lowest BCUT2D eigenvalue weighted by Gasteiger charge is -2.14. The van der Waals surface area contributed by atoms with Crippen LogP contribution in [-0.2, 0) is 0 Å². The Morgan fingerprint density at radius 2 is 2.05 bits per heavy atom. The number of benzene rings is 1. The Hall–Kier alpha value is -1.39. The lowest BCUT2D eigenvalue weighted by Crippen LogP contribution is -2.12. The van der Waals surface area contributed by atoms with Crippen molar-refractivity contribution in [2.24, 2.45) is 5.73 Å². The van der Waals surface area contributed by atoms with Crippen LogP contribution in [0.3, 0.4) is 0 Å². The quantitative estimate of drug-likeness (QED) is 0.899. The Bertz CT molecular complexity index is 586. The number of hydrogen-bond acceptors (Lipinski definition) is 3. The van der Waals surface area contributed by atoms with Crippen LogP contribution in [0, 0.1) is 6.92 Å². The molecule has 2 rings (SSSR count). The third-order valence-electron chi connectivity index (χ3n) is 3.11. The first kappa shape index (κ1) is 15.0. The maximum Gasteiger partial charge on any atom is 0.137 e. The van der Waals surface area contributed by atoms with Crippen molar-refractivity contribution in [3.05, 3.63) is 57.8 Å². The SMILES string of the molecule is CCCOc1cncc(C(N)c2ccc(Br)c(C)c2)c1. The van der Waals surface area contributed by atoms with Crippen LogP contribution in [0.4, 0.5) is 0 Å². The number of halogens is 1. The number of pyridine rings is 1. The fourth-order valence-electron chi connectivity index (χ4n) is 1.96. The van der Waals surface area contributed by atoms with Gasteiger partial charge in [-0.1, -0.05) is 35.0 Å². The van der Waals surface area contributed by atoms with E-state index in [2.05, 4.69) is 40.8 Å². The Kier molecular flexibility index (Phi) is 5.15. The Balaban J connectivity index is 2.23. The van der Waals surface area contributed by atoms with Crippen LogP contribution in [0.2, 0.25) is 0 Å². The molecule has 106 valence electrons. The van der Waals surface area contributed by atoms with Crippen LogP contribution < -0.4 is 10.5 Å². The highest BCUT2D eigenvalue weighted by Crippen LogP contribution is 2.25. The van der Waals surface area contributed by atoms with Gasteiger partial charge in [-0.3, -0.25) is 4.98 Å². The van der Waals surface area contributed by atoms with Gasteiger partial charge in [-0.2, -0.15) is 0 Å². The molecule has 1 atom stereocenters. The van der Waals surface area contributed by atoms with Crippen LogP contribution >= 0.6 is 15.9 Å². The van der Waals surface area contributed by atoms with Gasteiger partial charge in [0.05, 0.1) is 18.8 Å². The van der Waals surface area contributed by atoms with Crippen molar-refractivity contribution in [2.75, 3.05) is 6.61 Å². The van der Waals surface area contributed by atoms with Crippen LogP contribution in [-0.4, -0.2) is 11.6 Å². The second-order valence-electron chi connectivity index (χ2n) is 4.79. The third-order valence-corrected chi connectivity index (χ3v) is 4.00. The molecule has 2 aromatic rings. The molecule has 0 fully saturated rings. The molecule has 0 aliphatic rings. The van der Waals surface area contributed by atoms with E-state index in [1.807, 2.05) is 18.2 Å². The zero-order valence-electron chi connectivity index (χ0n) is 11.8. The lowest BCUT2D eigenvalue weighted by molar-refractivity contribution is 0.315. The van der Waals surface area contributed by atoms with Crippen LogP contribution in [0.5, 0.6) is 5.75 Å². The molecule has 0 radical (unpaired) electrons. The molecule has 3 nitrogen and oxygen atoms in total. The van der Waals surface area contributed by atoms with Gasteiger partial charge in [0.2, 0.25) is 0 Å². The van der Waals surface area contributed by atoms with Crippen molar-refractivity contribution >= 4 is 15.9 Å². The summed E-state index contributed by atoms with van der Waals surface area (Å²) in [6.45, 7) is 4.82. The van der Waals surface area contributed by atoms with Crippen LogP contribution in [0.1, 0.15) is 36.1 Å². The van der Waals surface area contributed by atoms with Gasteiger partial charge in [0.25, 0.3) is 0 Å². The summed E-state index contributed by atoms with van der Waals surface area (Å²) in [4.78, 5) is 4.21. The van der Waals surface area contributed by atoms with Gasteiger partial charge in [-0.15, -0.1) is 0 Å². The van der Waals surface area contributed by atoms with Crippen molar-refractivity contribution in [1.82, 2.24) is 4.98 Å². The number of nitrogens with zero attached hydrogens (tertiary/aromatic N) is 1. The highest BCUT2D eigenvalue weighted by Gasteiger charge is 2.11. The van der Waals surface area contributed by atoms with E-state index in [4.69, 9.17) is 10.5 Å². The monoisotopic (exact) mass is 334 g/mol. The zero-order chi connectivity index (χ0) is 14.5. The third kappa shape index (κ3) is 3.58. The highest BCUT2D eigenvalue weighted by molar-refractivity contribution is 9.10. The first-order valence-electron chi connectivity index (χ1n) is 6.71. The van der Waals surface area contributed by atoms with E-state index in [0.717, 1.165) is 27.8 Å². The fraction of sp³-hybridized carbons (Fsp3) is 0.312. The average molecular weight is 335 g/mol. The maximum atomic E-state index is 6.32. The van der Waals surface area contributed by atoms with Gasteiger partial charge in [0.15, 0.2) is 0 Å². The van der Waals surface area contributed by atoms with Gasteiger partial charge in [-0.25, -0.2) is 0 Å². The minimum atomic E-state index is -0.195. The summed E-state index contributed by atoms with van der Waals surface area (Å²) < 4.78 is 6.69. The largest absolute Gasteiger partial charge is 0.492 e. The summed E-state index contributed by atoms with van der Waals surface area (Å²) in [6, 6.07) is 7.91. The summed E-state index contributed by atoms with van der Waals surface area (Å²) in [7, 11) is 0. The number of hydrogen-bond donors (Lipinski definition) is 1. The lowest BCUT2D eigenvalue weighted by atomic mass is 9.99. The molecule has 0 aliphatic carbocycles. The van der Waals surface area contributed by atoms with Crippen molar-refractivity contribution in [3.8, 4) is 5.75 Å². The Morgan fingerprint density at radius 1 is 1.25 bits per heavy atom. The van der Waals surface area contributed by atoms with Crippen LogP contribution in [0.15, 0.2) is 41.1 Å². The normalized spacial score (nSPS) is 12.2. The Morgan fingerprint density at radius 3 is 2.75 bits per heavy atom. The molecule has 20 heavy (non-hydrogen) atoms. The predicted octanol–water partition coefficient (Wildman–Crippen LogP) is 3.99. The summed E-state index contributed by atoms with van der Waals surface area (Å²) in [5.41, 5.74) is 9.52. The van der Waals surface area contributed by atoms with E-state index in [-0.39, 0.29) is 6.04 Å². The minimum absolute atomic E-state index is 0.195. The first-order valence-corrected chi connectivity index (χ1v) is 7.50. The first-order chi connectivity index (χ1) is 9.61. The molecule has 1 aromatic heterocycles. The fourth-order valence-corrected chi connectivity index (χ4v) is 2.20. The topological polar surface area (TPSA) is 48.1 Å². The van der Waals surface area contributed by atoms with E-state index in [1.54, 1.807) is 12.4 Å². The van der Waals surface area contributed by atoms with Crippen LogP contribution in [0.25, 0.3) is 0 Å². The highest BCUT2D eigenvalue weighted by atomic mass is 79.9. The standard InChI is InChI=1S/C16H19BrN2O/c1-3-6-20-14-8-13(9-19-10-14)16(18)12-4-5-15(17)11(2)7-12/h4-5,7-10,16H,3,6,18H2,1-2H3. The van der Waals surface area contributed by atoms with Crippen molar-refractivity contribution in [3.63, 3.8) is 0 Å². The zero-order valence-corrected chi connectivity index (χ0v) is 13.4. The Labute approximate surface area is 128 Å². The van der Waals surface area contributed by atoms with E-state index >= 15 is 0 Å². The molecule has 0 bridgehead atoms. The maximum absolute atomic E-state index is 6.32. The second-order valence-corrected chi connectivity index (χ2v) is 5.64. The molecule has 0 amide bonds. The molecular weight excluding hydrogens is 316 g/mol. The van der Waals surface area contributed by atoms with Gasteiger partial charge in [0.1, 0.15) is 5.75 Å². The molecule has 4 heteroatoms. The molecule has 0 saturated carbocycles. The van der Waals surface area contributed by atoms with Crippen molar-refractivity contribution in [2.45, 2.75) is 26.3 Å². The molecule has 1 aromatic carbocycles. The van der Waals surface area contributed by atoms with Gasteiger partial charge in [-0.05, 0) is 42.2 Å². The van der Waals surface area contributed by atoms with Crippen molar-refractivity contribution < 1.29 is 4.74 Å². The summed E-state index contributed by atoms with van der Waals surface area (Å²) in [5.74, 6) is 0.772. The summed E-state index contributed by atoms with van der Waals surface area (Å²) >= 11 is 3.50. The van der Waals surface area contributed by atoms with Gasteiger partial charge < -0.3 is 10.5 Å². The second kappa shape index (κ2) is 6.86. The predicted molar refractivity (Wildman–Crippen MR) is 84.9 cm³/mol. The number of ether oxygens (including phenoxy) is 1. The molecule has 1 unspecified atom stereocenters. The molecule has 2 N–H and O–H groups in total. The van der Waals surface area contributed by atoms with Gasteiger partial charge in [0, 0.05) is 10.7 Å². The minimum Gasteiger partial charge on any atom is -0.492 e. The smallest absolute Gasteiger partial charge is 0.137 e. The van der Waals surface area contributed by atoms with E-state index < -0.39 is 0 Å². The number of nitrogens with two attached hydrogens (primary N) is 1. The number of aryl methyl sites for hydroxylation is 1. The molecule has 0 saturated heterocycles. The van der Waals surface area contributed by atoms with E-state index in [1.165, 1.54) is 5.56 Å². The van der Waals surface area contributed by atoms with E-state index in [9.17, 15) is 0 Å². The molecule has 1 heterocycles. The summed E-state index contributed by atoms with van der Waals surface area (Å²) in [5, 5.41) is 0. The molecule has 0 spiro atoms. The van der Waals surface area contributed by atoms with Crippen molar-refractivity contribution in [1.29, 1.82) is 0 Å². The molecular formula is C16H19BrN2O. The number of aromatic nitrogens is 1. The van der Waals surface area contributed by atoms with Gasteiger partial charge >= 0.3 is 0 Å². The summed E-state index contributed by atoms with van der Waals surface area (Å²) in [6.07, 6.45) is 4.49. The van der Waals surface area contributed by atoms with E-state index in [0.29, 0.717) is 6.61 Å². The average Bonchev–Trinajstić information content (AvgIpc) is 2.47. The molecule has 0 aliphatic heterocycles.